The number of carboxylic acids is 1. The molecular formula is C21H25NO2. The van der Waals surface area contributed by atoms with E-state index in [-0.39, 0.29) is 11.3 Å². The average molecular weight is 323 g/mol. The lowest BCUT2D eigenvalue weighted by Crippen LogP contribution is -2.26. The standard InChI is InChI=1S/C21H25NO2/c1-13(2)19-18(20(23)24)17(14-8-6-5-7-9-14)15-12-21(3,4)11-10-16(15)22-19/h5-9,13H,10-12H2,1-4H3,(H,23,24). The summed E-state index contributed by atoms with van der Waals surface area (Å²) in [5.41, 5.74) is 5.33. The smallest absolute Gasteiger partial charge is 0.338 e. The maximum Gasteiger partial charge on any atom is 0.338 e. The molecule has 0 fully saturated rings. The van der Waals surface area contributed by atoms with Gasteiger partial charge < -0.3 is 5.11 Å². The second kappa shape index (κ2) is 6.04. The minimum absolute atomic E-state index is 0.0822. The quantitative estimate of drug-likeness (QED) is 0.856. The normalized spacial score (nSPS) is 16.0. The molecule has 3 heteroatoms. The van der Waals surface area contributed by atoms with Crippen molar-refractivity contribution >= 4 is 5.97 Å². The van der Waals surface area contributed by atoms with E-state index in [1.54, 1.807) is 0 Å². The zero-order chi connectivity index (χ0) is 17.5. The van der Waals surface area contributed by atoms with Crippen molar-refractivity contribution in [2.75, 3.05) is 0 Å². The highest BCUT2D eigenvalue weighted by Gasteiger charge is 2.32. The summed E-state index contributed by atoms with van der Waals surface area (Å²) in [4.78, 5) is 16.9. The summed E-state index contributed by atoms with van der Waals surface area (Å²) in [7, 11) is 0. The second-order valence-electron chi connectivity index (χ2n) is 7.84. The largest absolute Gasteiger partial charge is 0.478 e. The Morgan fingerprint density at radius 2 is 1.88 bits per heavy atom. The van der Waals surface area contributed by atoms with Gasteiger partial charge in [-0.05, 0) is 41.7 Å². The third kappa shape index (κ3) is 2.95. The van der Waals surface area contributed by atoms with Crippen molar-refractivity contribution in [2.45, 2.75) is 52.9 Å². The van der Waals surface area contributed by atoms with E-state index < -0.39 is 5.97 Å². The molecule has 0 amide bonds. The van der Waals surface area contributed by atoms with Crippen LogP contribution in [0.15, 0.2) is 30.3 Å². The number of fused-ring (bicyclic) bond motifs is 1. The minimum atomic E-state index is -0.878. The lowest BCUT2D eigenvalue weighted by atomic mass is 9.73. The molecule has 0 atom stereocenters. The van der Waals surface area contributed by atoms with Gasteiger partial charge in [-0.2, -0.15) is 0 Å². The van der Waals surface area contributed by atoms with Gasteiger partial charge in [-0.1, -0.05) is 58.0 Å². The summed E-state index contributed by atoms with van der Waals surface area (Å²) in [6.07, 6.45) is 2.88. The van der Waals surface area contributed by atoms with Gasteiger partial charge in [0.1, 0.15) is 0 Å². The van der Waals surface area contributed by atoms with Crippen molar-refractivity contribution in [3.8, 4) is 11.1 Å². The molecule has 0 unspecified atom stereocenters. The van der Waals surface area contributed by atoms with Crippen molar-refractivity contribution in [2.24, 2.45) is 5.41 Å². The first-order valence-electron chi connectivity index (χ1n) is 8.64. The number of carbonyl (C=O) groups is 1. The number of aromatic nitrogens is 1. The lowest BCUT2D eigenvalue weighted by molar-refractivity contribution is 0.0695. The number of aromatic carboxylic acids is 1. The van der Waals surface area contributed by atoms with Crippen LogP contribution < -0.4 is 0 Å². The number of carboxylic acid groups (broad SMARTS) is 1. The van der Waals surface area contributed by atoms with E-state index in [4.69, 9.17) is 4.98 Å². The molecule has 24 heavy (non-hydrogen) atoms. The highest BCUT2D eigenvalue weighted by Crippen LogP contribution is 2.42. The van der Waals surface area contributed by atoms with Crippen LogP contribution in [0.25, 0.3) is 11.1 Å². The van der Waals surface area contributed by atoms with Crippen molar-refractivity contribution < 1.29 is 9.90 Å². The highest BCUT2D eigenvalue weighted by molar-refractivity contribution is 5.98. The fourth-order valence-electron chi connectivity index (χ4n) is 3.67. The SMILES string of the molecule is CC(C)c1nc2c(c(-c3ccccc3)c1C(=O)O)CC(C)(C)CC2. The Bertz CT molecular complexity index is 776. The predicted octanol–water partition coefficient (Wildman–Crippen LogP) is 5.09. The summed E-state index contributed by atoms with van der Waals surface area (Å²) in [5, 5.41) is 9.95. The van der Waals surface area contributed by atoms with Crippen molar-refractivity contribution in [1.29, 1.82) is 0 Å². The first-order valence-corrected chi connectivity index (χ1v) is 8.64. The van der Waals surface area contributed by atoms with E-state index in [0.29, 0.717) is 11.3 Å². The molecule has 1 heterocycles. The van der Waals surface area contributed by atoms with Gasteiger partial charge in [-0.3, -0.25) is 4.98 Å². The van der Waals surface area contributed by atoms with Gasteiger partial charge in [0.15, 0.2) is 0 Å². The summed E-state index contributed by atoms with van der Waals surface area (Å²) in [6.45, 7) is 8.54. The topological polar surface area (TPSA) is 50.2 Å². The fraction of sp³-hybridized carbons (Fsp3) is 0.429. The van der Waals surface area contributed by atoms with E-state index in [1.807, 2.05) is 44.2 Å². The number of benzene rings is 1. The third-order valence-electron chi connectivity index (χ3n) is 4.93. The minimum Gasteiger partial charge on any atom is -0.478 e. The molecule has 2 aromatic rings. The Labute approximate surface area is 143 Å². The Balaban J connectivity index is 2.37. The summed E-state index contributed by atoms with van der Waals surface area (Å²) in [5.74, 6) is -0.796. The molecule has 0 saturated heterocycles. The van der Waals surface area contributed by atoms with Gasteiger partial charge in [-0.15, -0.1) is 0 Å². The molecule has 3 rings (SSSR count). The fourth-order valence-corrected chi connectivity index (χ4v) is 3.67. The van der Waals surface area contributed by atoms with Crippen LogP contribution in [0.1, 0.15) is 67.3 Å². The molecule has 0 bridgehead atoms. The highest BCUT2D eigenvalue weighted by atomic mass is 16.4. The number of hydrogen-bond acceptors (Lipinski definition) is 2. The zero-order valence-corrected chi connectivity index (χ0v) is 14.9. The first-order chi connectivity index (χ1) is 11.3. The van der Waals surface area contributed by atoms with Gasteiger partial charge in [0, 0.05) is 11.3 Å². The summed E-state index contributed by atoms with van der Waals surface area (Å²) >= 11 is 0. The van der Waals surface area contributed by atoms with Gasteiger partial charge >= 0.3 is 5.97 Å². The van der Waals surface area contributed by atoms with E-state index in [0.717, 1.165) is 41.6 Å². The zero-order valence-electron chi connectivity index (χ0n) is 14.9. The molecule has 1 aliphatic carbocycles. The van der Waals surface area contributed by atoms with Crippen molar-refractivity contribution in [3.05, 3.63) is 52.8 Å². The van der Waals surface area contributed by atoms with E-state index in [1.165, 1.54) is 0 Å². The van der Waals surface area contributed by atoms with E-state index >= 15 is 0 Å². The Morgan fingerprint density at radius 1 is 1.21 bits per heavy atom. The third-order valence-corrected chi connectivity index (χ3v) is 4.93. The maximum atomic E-state index is 12.1. The summed E-state index contributed by atoms with van der Waals surface area (Å²) in [6, 6.07) is 9.92. The van der Waals surface area contributed by atoms with Crippen LogP contribution in [0.2, 0.25) is 0 Å². The molecule has 0 aliphatic heterocycles. The Morgan fingerprint density at radius 3 is 2.46 bits per heavy atom. The van der Waals surface area contributed by atoms with Gasteiger partial charge in [-0.25, -0.2) is 4.79 Å². The summed E-state index contributed by atoms with van der Waals surface area (Å²) < 4.78 is 0. The molecule has 1 aliphatic rings. The van der Waals surface area contributed by atoms with Crippen LogP contribution in [0.4, 0.5) is 0 Å². The molecule has 126 valence electrons. The number of hydrogen-bond donors (Lipinski definition) is 1. The van der Waals surface area contributed by atoms with Crippen LogP contribution in [0.3, 0.4) is 0 Å². The monoisotopic (exact) mass is 323 g/mol. The van der Waals surface area contributed by atoms with Gasteiger partial charge in [0.05, 0.1) is 11.3 Å². The first kappa shape index (κ1) is 16.7. The van der Waals surface area contributed by atoms with Gasteiger partial charge in [0.25, 0.3) is 0 Å². The van der Waals surface area contributed by atoms with E-state index in [9.17, 15) is 9.90 Å². The van der Waals surface area contributed by atoms with E-state index in [2.05, 4.69) is 13.8 Å². The van der Waals surface area contributed by atoms with Gasteiger partial charge in [0.2, 0.25) is 0 Å². The number of pyridine rings is 1. The maximum absolute atomic E-state index is 12.1. The Hall–Kier alpha value is -2.16. The lowest BCUT2D eigenvalue weighted by Gasteiger charge is -2.33. The number of nitrogens with zero attached hydrogens (tertiary/aromatic N) is 1. The molecule has 0 radical (unpaired) electrons. The van der Waals surface area contributed by atoms with Crippen molar-refractivity contribution in [3.63, 3.8) is 0 Å². The molecule has 0 spiro atoms. The van der Waals surface area contributed by atoms with Crippen LogP contribution in [-0.2, 0) is 12.8 Å². The molecule has 1 aromatic heterocycles. The van der Waals surface area contributed by atoms with Crippen molar-refractivity contribution in [1.82, 2.24) is 4.98 Å². The number of aryl methyl sites for hydroxylation is 1. The molecule has 1 N–H and O–H groups in total. The predicted molar refractivity (Wildman–Crippen MR) is 96.5 cm³/mol. The second-order valence-corrected chi connectivity index (χ2v) is 7.84. The Kier molecular flexibility index (Phi) is 4.20. The molecule has 1 aromatic carbocycles. The molecule has 0 saturated carbocycles. The van der Waals surface area contributed by atoms with Crippen LogP contribution in [0.5, 0.6) is 0 Å². The molecular weight excluding hydrogens is 298 g/mol. The van der Waals surface area contributed by atoms with Crippen LogP contribution in [-0.4, -0.2) is 16.1 Å². The molecule has 3 nitrogen and oxygen atoms in total. The van der Waals surface area contributed by atoms with Crippen LogP contribution >= 0.6 is 0 Å². The average Bonchev–Trinajstić information content (AvgIpc) is 2.53. The van der Waals surface area contributed by atoms with Crippen LogP contribution in [0, 0.1) is 5.41 Å². The number of rotatable bonds is 3.